The van der Waals surface area contributed by atoms with Crippen LogP contribution in [-0.2, 0) is 9.47 Å². The topological polar surface area (TPSA) is 51.9 Å². The van der Waals surface area contributed by atoms with Gasteiger partial charge in [0.25, 0.3) is 0 Å². The van der Waals surface area contributed by atoms with E-state index < -0.39 is 5.60 Å². The number of nitrogens with zero attached hydrogens (tertiary/aromatic N) is 1. The van der Waals surface area contributed by atoms with Crippen molar-refractivity contribution in [2.24, 2.45) is 5.92 Å². The van der Waals surface area contributed by atoms with E-state index in [0.29, 0.717) is 19.1 Å². The van der Waals surface area contributed by atoms with Gasteiger partial charge < -0.3 is 18.8 Å². The molecule has 124 valence electrons. The Morgan fingerprint density at radius 2 is 2.27 bits per heavy atom. The molecule has 0 radical (unpaired) electrons. The molecule has 2 rings (SSSR count). The Hall–Kier alpha value is -1.49. The first kappa shape index (κ1) is 16.9. The van der Waals surface area contributed by atoms with Gasteiger partial charge in [0, 0.05) is 19.0 Å². The van der Waals surface area contributed by atoms with E-state index in [9.17, 15) is 4.79 Å². The number of ether oxygens (including phenoxy) is 2. The molecule has 1 fully saturated rings. The zero-order valence-electron chi connectivity index (χ0n) is 14.0. The molecule has 0 aromatic carbocycles. The number of likely N-dealkylation sites (tertiary alicyclic amines) is 1. The quantitative estimate of drug-likeness (QED) is 0.843. The summed E-state index contributed by atoms with van der Waals surface area (Å²) < 4.78 is 16.7. The van der Waals surface area contributed by atoms with Crippen molar-refractivity contribution >= 4 is 6.09 Å². The molecule has 2 heterocycles. The van der Waals surface area contributed by atoms with Crippen molar-refractivity contribution in [1.82, 2.24) is 4.90 Å². The molecular formula is C17H27NO4. The molecule has 1 aliphatic heterocycles. The van der Waals surface area contributed by atoms with Crippen LogP contribution in [-0.4, -0.2) is 36.3 Å². The highest BCUT2D eigenvalue weighted by Gasteiger charge is 2.28. The van der Waals surface area contributed by atoms with Gasteiger partial charge in [-0.05, 0) is 52.7 Å². The fourth-order valence-electron chi connectivity index (χ4n) is 2.58. The average molecular weight is 309 g/mol. The van der Waals surface area contributed by atoms with Gasteiger partial charge >= 0.3 is 6.09 Å². The number of amides is 1. The Bertz CT molecular complexity index is 464. The Labute approximate surface area is 132 Å². The zero-order valence-corrected chi connectivity index (χ0v) is 14.0. The highest BCUT2D eigenvalue weighted by atomic mass is 16.6. The van der Waals surface area contributed by atoms with Crippen LogP contribution in [0, 0.1) is 5.92 Å². The summed E-state index contributed by atoms with van der Waals surface area (Å²) in [5.74, 6) is 1.18. The first-order chi connectivity index (χ1) is 10.3. The van der Waals surface area contributed by atoms with Crippen LogP contribution in [0.25, 0.3) is 0 Å². The number of carbonyl (C=O) groups is 1. The molecule has 5 heteroatoms. The SMILES string of the molecule is C[C@@H](OC[C@H]1CCCN(C(=O)OC(C)(C)C)C1)c1ccco1. The molecule has 1 aromatic heterocycles. The predicted molar refractivity (Wildman–Crippen MR) is 83.6 cm³/mol. The average Bonchev–Trinajstić information content (AvgIpc) is 2.97. The van der Waals surface area contributed by atoms with Crippen LogP contribution in [0.15, 0.2) is 22.8 Å². The normalized spacial score (nSPS) is 20.7. The molecule has 0 N–H and O–H groups in total. The van der Waals surface area contributed by atoms with Gasteiger partial charge in [-0.15, -0.1) is 0 Å². The van der Waals surface area contributed by atoms with Crippen LogP contribution in [0.5, 0.6) is 0 Å². The summed E-state index contributed by atoms with van der Waals surface area (Å²) in [7, 11) is 0. The van der Waals surface area contributed by atoms with Crippen LogP contribution >= 0.6 is 0 Å². The summed E-state index contributed by atoms with van der Waals surface area (Å²) >= 11 is 0. The highest BCUT2D eigenvalue weighted by Crippen LogP contribution is 2.23. The van der Waals surface area contributed by atoms with Crippen molar-refractivity contribution in [3.63, 3.8) is 0 Å². The second kappa shape index (κ2) is 7.18. The number of hydrogen-bond acceptors (Lipinski definition) is 4. The van der Waals surface area contributed by atoms with Gasteiger partial charge in [0.15, 0.2) is 0 Å². The van der Waals surface area contributed by atoms with Gasteiger partial charge in [0.2, 0.25) is 0 Å². The van der Waals surface area contributed by atoms with Gasteiger partial charge in [-0.25, -0.2) is 4.79 Å². The third-order valence-corrected chi connectivity index (χ3v) is 3.70. The van der Waals surface area contributed by atoms with Gasteiger partial charge in [-0.3, -0.25) is 0 Å². The molecule has 22 heavy (non-hydrogen) atoms. The lowest BCUT2D eigenvalue weighted by Crippen LogP contribution is -2.43. The number of furan rings is 1. The van der Waals surface area contributed by atoms with Crippen molar-refractivity contribution in [2.45, 2.75) is 52.2 Å². The van der Waals surface area contributed by atoms with E-state index in [1.54, 1.807) is 11.2 Å². The summed E-state index contributed by atoms with van der Waals surface area (Å²) in [6.45, 7) is 9.73. The molecule has 0 spiro atoms. The Morgan fingerprint density at radius 1 is 1.50 bits per heavy atom. The van der Waals surface area contributed by atoms with E-state index in [1.165, 1.54) is 0 Å². The van der Waals surface area contributed by atoms with E-state index in [-0.39, 0.29) is 12.2 Å². The Balaban J connectivity index is 1.79. The van der Waals surface area contributed by atoms with Crippen molar-refractivity contribution in [3.8, 4) is 0 Å². The van der Waals surface area contributed by atoms with E-state index in [4.69, 9.17) is 13.9 Å². The molecule has 5 nitrogen and oxygen atoms in total. The van der Waals surface area contributed by atoms with Gasteiger partial charge in [-0.1, -0.05) is 0 Å². The fraction of sp³-hybridized carbons (Fsp3) is 0.706. The summed E-state index contributed by atoms with van der Waals surface area (Å²) in [5, 5.41) is 0. The smallest absolute Gasteiger partial charge is 0.410 e. The number of carbonyl (C=O) groups excluding carboxylic acids is 1. The molecule has 0 bridgehead atoms. The van der Waals surface area contributed by atoms with E-state index >= 15 is 0 Å². The molecule has 1 saturated heterocycles. The highest BCUT2D eigenvalue weighted by molar-refractivity contribution is 5.68. The maximum atomic E-state index is 12.1. The molecule has 0 saturated carbocycles. The number of piperidine rings is 1. The van der Waals surface area contributed by atoms with E-state index in [1.807, 2.05) is 39.8 Å². The monoisotopic (exact) mass is 309 g/mol. The van der Waals surface area contributed by atoms with Crippen molar-refractivity contribution in [2.75, 3.05) is 19.7 Å². The first-order valence-electron chi connectivity index (χ1n) is 7.98. The third kappa shape index (κ3) is 5.05. The molecular weight excluding hydrogens is 282 g/mol. The third-order valence-electron chi connectivity index (χ3n) is 3.70. The fourth-order valence-corrected chi connectivity index (χ4v) is 2.58. The number of rotatable bonds is 4. The molecule has 0 aliphatic carbocycles. The van der Waals surface area contributed by atoms with Crippen LogP contribution in [0.1, 0.15) is 52.4 Å². The molecule has 2 atom stereocenters. The van der Waals surface area contributed by atoms with Gasteiger partial charge in [0.05, 0.1) is 12.9 Å². The second-order valence-electron chi connectivity index (χ2n) is 6.93. The summed E-state index contributed by atoms with van der Waals surface area (Å²) in [6.07, 6.45) is 3.43. The lowest BCUT2D eigenvalue weighted by molar-refractivity contribution is -0.00817. The summed E-state index contributed by atoms with van der Waals surface area (Å²) in [6, 6.07) is 3.78. The minimum absolute atomic E-state index is 0.0631. The van der Waals surface area contributed by atoms with E-state index in [0.717, 1.165) is 25.1 Å². The maximum Gasteiger partial charge on any atom is 0.410 e. The zero-order chi connectivity index (χ0) is 16.2. The molecule has 0 unspecified atom stereocenters. The minimum Gasteiger partial charge on any atom is -0.467 e. The van der Waals surface area contributed by atoms with Gasteiger partial charge in [-0.2, -0.15) is 0 Å². The molecule has 1 aromatic rings. The molecule has 1 aliphatic rings. The summed E-state index contributed by atoms with van der Waals surface area (Å²) in [5.41, 5.74) is -0.450. The lowest BCUT2D eigenvalue weighted by Gasteiger charge is -2.34. The van der Waals surface area contributed by atoms with Crippen molar-refractivity contribution < 1.29 is 18.7 Å². The van der Waals surface area contributed by atoms with Crippen molar-refractivity contribution in [1.29, 1.82) is 0 Å². The predicted octanol–water partition coefficient (Wildman–Crippen LogP) is 4.00. The first-order valence-corrected chi connectivity index (χ1v) is 7.98. The minimum atomic E-state index is -0.450. The lowest BCUT2D eigenvalue weighted by atomic mass is 9.99. The Kier molecular flexibility index (Phi) is 5.51. The largest absolute Gasteiger partial charge is 0.467 e. The second-order valence-corrected chi connectivity index (χ2v) is 6.93. The standard InChI is InChI=1S/C17H27NO4/c1-13(15-8-6-10-20-15)21-12-14-7-5-9-18(11-14)16(19)22-17(2,3)4/h6,8,10,13-14H,5,7,9,11-12H2,1-4H3/t13-,14+/m1/s1. The van der Waals surface area contributed by atoms with Crippen LogP contribution in [0.3, 0.4) is 0 Å². The van der Waals surface area contributed by atoms with Gasteiger partial charge in [0.1, 0.15) is 17.5 Å². The number of hydrogen-bond donors (Lipinski definition) is 0. The summed E-state index contributed by atoms with van der Waals surface area (Å²) in [4.78, 5) is 13.9. The maximum absolute atomic E-state index is 12.1. The molecule has 1 amide bonds. The van der Waals surface area contributed by atoms with Crippen LogP contribution in [0.4, 0.5) is 4.79 Å². The van der Waals surface area contributed by atoms with E-state index in [2.05, 4.69) is 0 Å². The van der Waals surface area contributed by atoms with Crippen LogP contribution in [0.2, 0.25) is 0 Å². The van der Waals surface area contributed by atoms with Crippen LogP contribution < -0.4 is 0 Å². The Morgan fingerprint density at radius 3 is 2.91 bits per heavy atom. The van der Waals surface area contributed by atoms with Crippen molar-refractivity contribution in [3.05, 3.63) is 24.2 Å².